The molecular formula is C31H44N2. The van der Waals surface area contributed by atoms with Gasteiger partial charge >= 0.3 is 0 Å². The Morgan fingerprint density at radius 2 is 1.48 bits per heavy atom. The molecule has 2 heterocycles. The number of nitrogens with zero attached hydrogens (tertiary/aromatic N) is 2. The largest absolute Gasteiger partial charge is 0.257 e. The number of rotatable bonds is 5. The van der Waals surface area contributed by atoms with Crippen molar-refractivity contribution in [2.75, 3.05) is 0 Å². The summed E-state index contributed by atoms with van der Waals surface area (Å²) in [6.45, 7) is 19.0. The zero-order chi connectivity index (χ0) is 23.7. The predicted octanol–water partition coefficient (Wildman–Crippen LogP) is 7.79. The molecule has 0 radical (unpaired) electrons. The Morgan fingerprint density at radius 3 is 2.12 bits per heavy atom. The highest BCUT2D eigenvalue weighted by molar-refractivity contribution is 5.49. The van der Waals surface area contributed by atoms with Crippen LogP contribution in [0.5, 0.6) is 0 Å². The van der Waals surface area contributed by atoms with E-state index < -0.39 is 0 Å². The van der Waals surface area contributed by atoms with Crippen molar-refractivity contribution >= 4 is 0 Å². The van der Waals surface area contributed by atoms with E-state index in [2.05, 4.69) is 55.4 Å². The molecule has 0 amide bonds. The van der Waals surface area contributed by atoms with Gasteiger partial charge in [0.1, 0.15) is 0 Å². The number of hydrogen-bond acceptors (Lipinski definition) is 2. The SMILES string of the molecule is Cc1c(C(C)C)nc2c(c1C(C)CC1CC1c1nc3c(c(C(C)(C)C)c1C)CCC3)CCC2. The number of hydrogen-bond donors (Lipinski definition) is 0. The van der Waals surface area contributed by atoms with Crippen molar-refractivity contribution in [3.05, 3.63) is 56.2 Å². The minimum Gasteiger partial charge on any atom is -0.257 e. The zero-order valence-corrected chi connectivity index (χ0v) is 22.4. The number of fused-ring (bicyclic) bond motifs is 2. The van der Waals surface area contributed by atoms with Crippen molar-refractivity contribution in [1.29, 1.82) is 0 Å². The third-order valence-corrected chi connectivity index (χ3v) is 8.78. The van der Waals surface area contributed by atoms with Gasteiger partial charge in [0, 0.05) is 28.7 Å². The first kappa shape index (κ1) is 23.1. The Hall–Kier alpha value is -1.70. The lowest BCUT2D eigenvalue weighted by Gasteiger charge is -2.27. The molecule has 0 aliphatic heterocycles. The molecule has 178 valence electrons. The fraction of sp³-hybridized carbons (Fsp3) is 0.677. The number of aryl methyl sites for hydroxylation is 2. The first-order valence-corrected chi connectivity index (χ1v) is 13.6. The van der Waals surface area contributed by atoms with E-state index in [1.54, 1.807) is 22.3 Å². The summed E-state index contributed by atoms with van der Waals surface area (Å²) >= 11 is 0. The van der Waals surface area contributed by atoms with E-state index in [0.29, 0.717) is 17.8 Å². The Bertz CT molecular complexity index is 1090. The fourth-order valence-electron chi connectivity index (χ4n) is 7.46. The van der Waals surface area contributed by atoms with Crippen LogP contribution in [0.2, 0.25) is 0 Å². The van der Waals surface area contributed by atoms with Gasteiger partial charge in [-0.25, -0.2) is 0 Å². The minimum absolute atomic E-state index is 0.204. The summed E-state index contributed by atoms with van der Waals surface area (Å²) in [5, 5.41) is 0. The van der Waals surface area contributed by atoms with Crippen LogP contribution in [0.1, 0.15) is 141 Å². The van der Waals surface area contributed by atoms with Crippen LogP contribution in [0.15, 0.2) is 0 Å². The van der Waals surface area contributed by atoms with Crippen LogP contribution in [-0.4, -0.2) is 9.97 Å². The summed E-state index contributed by atoms with van der Waals surface area (Å²) in [6.07, 6.45) is 10.00. The maximum atomic E-state index is 5.32. The van der Waals surface area contributed by atoms with Crippen LogP contribution in [0, 0.1) is 19.8 Å². The molecule has 3 atom stereocenters. The summed E-state index contributed by atoms with van der Waals surface area (Å²) < 4.78 is 0. The standard InChI is InChI=1S/C31H44N2/c1-17(2)29-19(4)27(22-11-9-13-25(22)32-29)18(3)15-21-16-24(21)30-20(5)28(31(6,7)8)23-12-10-14-26(23)33-30/h17-18,21,24H,9-16H2,1-8H3. The van der Waals surface area contributed by atoms with E-state index in [-0.39, 0.29) is 5.41 Å². The average Bonchev–Trinajstić information content (AvgIpc) is 3.10. The lowest BCUT2D eigenvalue weighted by atomic mass is 9.79. The van der Waals surface area contributed by atoms with Crippen molar-refractivity contribution < 1.29 is 0 Å². The molecule has 33 heavy (non-hydrogen) atoms. The van der Waals surface area contributed by atoms with Crippen LogP contribution in [0.25, 0.3) is 0 Å². The molecule has 5 rings (SSSR count). The van der Waals surface area contributed by atoms with Gasteiger partial charge in [0.2, 0.25) is 0 Å². The van der Waals surface area contributed by atoms with Crippen LogP contribution in [0.3, 0.4) is 0 Å². The molecule has 3 unspecified atom stereocenters. The smallest absolute Gasteiger partial charge is 0.0473 e. The molecule has 2 aromatic rings. The Balaban J connectivity index is 1.43. The summed E-state index contributed by atoms with van der Waals surface area (Å²) in [4.78, 5) is 10.4. The first-order chi connectivity index (χ1) is 15.6. The second-order valence-corrected chi connectivity index (χ2v) is 12.7. The normalized spacial score (nSPS) is 22.6. The quantitative estimate of drug-likeness (QED) is 0.470. The van der Waals surface area contributed by atoms with Gasteiger partial charge in [0.05, 0.1) is 0 Å². The van der Waals surface area contributed by atoms with Crippen LogP contribution in [-0.2, 0) is 31.1 Å². The van der Waals surface area contributed by atoms with Crippen molar-refractivity contribution in [3.63, 3.8) is 0 Å². The van der Waals surface area contributed by atoms with Crippen LogP contribution < -0.4 is 0 Å². The van der Waals surface area contributed by atoms with Crippen LogP contribution >= 0.6 is 0 Å². The highest BCUT2D eigenvalue weighted by Gasteiger charge is 2.43. The van der Waals surface area contributed by atoms with Gasteiger partial charge < -0.3 is 0 Å². The van der Waals surface area contributed by atoms with Gasteiger partial charge in [-0.05, 0) is 122 Å². The lowest BCUT2D eigenvalue weighted by Crippen LogP contribution is -2.19. The van der Waals surface area contributed by atoms with Gasteiger partial charge in [-0.3, -0.25) is 9.97 Å². The second-order valence-electron chi connectivity index (χ2n) is 12.7. The zero-order valence-electron chi connectivity index (χ0n) is 22.4. The van der Waals surface area contributed by atoms with Gasteiger partial charge in [0.25, 0.3) is 0 Å². The van der Waals surface area contributed by atoms with Gasteiger partial charge in [0.15, 0.2) is 0 Å². The molecule has 3 aliphatic carbocycles. The molecule has 0 N–H and O–H groups in total. The maximum absolute atomic E-state index is 5.32. The van der Waals surface area contributed by atoms with Crippen molar-refractivity contribution in [2.45, 2.75) is 130 Å². The fourth-order valence-corrected chi connectivity index (χ4v) is 7.46. The third kappa shape index (κ3) is 3.96. The molecule has 2 aromatic heterocycles. The van der Waals surface area contributed by atoms with E-state index in [1.807, 2.05) is 0 Å². The molecule has 3 aliphatic rings. The highest BCUT2D eigenvalue weighted by Crippen LogP contribution is 2.54. The third-order valence-electron chi connectivity index (χ3n) is 8.78. The Labute approximate surface area is 202 Å². The van der Waals surface area contributed by atoms with Gasteiger partial charge in [-0.2, -0.15) is 0 Å². The highest BCUT2D eigenvalue weighted by atomic mass is 14.8. The van der Waals surface area contributed by atoms with Gasteiger partial charge in [-0.1, -0.05) is 41.5 Å². The monoisotopic (exact) mass is 444 g/mol. The van der Waals surface area contributed by atoms with Crippen LogP contribution in [0.4, 0.5) is 0 Å². The average molecular weight is 445 g/mol. The van der Waals surface area contributed by atoms with E-state index in [1.165, 1.54) is 85.3 Å². The molecule has 0 aromatic carbocycles. The predicted molar refractivity (Wildman–Crippen MR) is 139 cm³/mol. The Kier molecular flexibility index (Phi) is 5.73. The van der Waals surface area contributed by atoms with E-state index in [0.717, 1.165) is 5.92 Å². The molecule has 2 heteroatoms. The molecular weight excluding hydrogens is 400 g/mol. The molecule has 0 bridgehead atoms. The molecule has 0 spiro atoms. The number of aromatic nitrogens is 2. The maximum Gasteiger partial charge on any atom is 0.0473 e. The summed E-state index contributed by atoms with van der Waals surface area (Å²) in [5.41, 5.74) is 15.3. The minimum atomic E-state index is 0.204. The Morgan fingerprint density at radius 1 is 0.848 bits per heavy atom. The van der Waals surface area contributed by atoms with Crippen molar-refractivity contribution in [2.24, 2.45) is 5.92 Å². The summed E-state index contributed by atoms with van der Waals surface area (Å²) in [7, 11) is 0. The molecule has 2 nitrogen and oxygen atoms in total. The van der Waals surface area contributed by atoms with E-state index in [9.17, 15) is 0 Å². The molecule has 1 saturated carbocycles. The lowest BCUT2D eigenvalue weighted by molar-refractivity contribution is 0.571. The van der Waals surface area contributed by atoms with E-state index in [4.69, 9.17) is 9.97 Å². The molecule has 1 fully saturated rings. The number of pyridine rings is 2. The van der Waals surface area contributed by atoms with E-state index >= 15 is 0 Å². The topological polar surface area (TPSA) is 25.8 Å². The second kappa shape index (κ2) is 8.21. The summed E-state index contributed by atoms with van der Waals surface area (Å²) in [6, 6.07) is 0. The van der Waals surface area contributed by atoms with Crippen molar-refractivity contribution in [3.8, 4) is 0 Å². The first-order valence-electron chi connectivity index (χ1n) is 13.6. The summed E-state index contributed by atoms with van der Waals surface area (Å²) in [5.74, 6) is 2.57. The molecule has 0 saturated heterocycles. The van der Waals surface area contributed by atoms with Crippen molar-refractivity contribution in [1.82, 2.24) is 9.97 Å². The van der Waals surface area contributed by atoms with Gasteiger partial charge in [-0.15, -0.1) is 0 Å².